The highest BCUT2D eigenvalue weighted by atomic mass is 16.5. The zero-order valence-corrected chi connectivity index (χ0v) is 17.2. The molecule has 0 radical (unpaired) electrons. The molecule has 1 amide bonds. The molecule has 7 heteroatoms. The summed E-state index contributed by atoms with van der Waals surface area (Å²) in [6.45, 7) is 1.88. The third-order valence-electron chi connectivity index (χ3n) is 5.51. The number of para-hydroxylation sites is 2. The fourth-order valence-electron chi connectivity index (χ4n) is 4.10. The van der Waals surface area contributed by atoms with E-state index in [1.165, 1.54) is 6.33 Å². The molecule has 1 atom stereocenters. The molecular formula is C24H21N5O2. The van der Waals surface area contributed by atoms with Crippen molar-refractivity contribution in [2.75, 3.05) is 17.7 Å². The molecule has 0 bridgehead atoms. The summed E-state index contributed by atoms with van der Waals surface area (Å²) in [4.78, 5) is 17.9. The average molecular weight is 411 g/mol. The first-order valence-corrected chi connectivity index (χ1v) is 9.96. The Bertz CT molecular complexity index is 1320. The van der Waals surface area contributed by atoms with Gasteiger partial charge in [0.25, 0.3) is 5.91 Å². The number of benzene rings is 3. The number of carbonyl (C=O) groups is 1. The normalized spacial score (nSPS) is 15.4. The zero-order valence-electron chi connectivity index (χ0n) is 17.2. The van der Waals surface area contributed by atoms with Crippen LogP contribution in [0.25, 0.3) is 10.8 Å². The Kier molecular flexibility index (Phi) is 4.63. The van der Waals surface area contributed by atoms with Crippen LogP contribution in [0.1, 0.15) is 18.5 Å². The van der Waals surface area contributed by atoms with Gasteiger partial charge in [0.15, 0.2) is 0 Å². The quantitative estimate of drug-likeness (QED) is 0.521. The molecule has 1 aliphatic rings. The smallest absolute Gasteiger partial charge is 0.255 e. The van der Waals surface area contributed by atoms with Gasteiger partial charge in [-0.15, -0.1) is 0 Å². The fraction of sp³-hybridized carbons (Fsp3) is 0.125. The van der Waals surface area contributed by atoms with Crippen molar-refractivity contribution in [2.45, 2.75) is 13.0 Å². The number of carbonyl (C=O) groups excluding carboxylic acids is 1. The van der Waals surface area contributed by atoms with Gasteiger partial charge in [0, 0.05) is 5.70 Å². The number of fused-ring (bicyclic) bond motifs is 2. The molecule has 1 aliphatic heterocycles. The molecule has 31 heavy (non-hydrogen) atoms. The van der Waals surface area contributed by atoms with Crippen molar-refractivity contribution in [3.63, 3.8) is 0 Å². The number of methoxy groups -OCH3 is 1. The number of allylic oxidation sites excluding steroid dienone is 1. The number of nitrogens with zero attached hydrogens (tertiary/aromatic N) is 3. The molecule has 154 valence electrons. The van der Waals surface area contributed by atoms with Crippen molar-refractivity contribution < 1.29 is 9.53 Å². The Morgan fingerprint density at radius 1 is 1.06 bits per heavy atom. The second-order valence-corrected chi connectivity index (χ2v) is 7.32. The second-order valence-electron chi connectivity index (χ2n) is 7.32. The third-order valence-corrected chi connectivity index (χ3v) is 5.51. The molecule has 3 aromatic carbocycles. The summed E-state index contributed by atoms with van der Waals surface area (Å²) in [6.07, 6.45) is 1.49. The van der Waals surface area contributed by atoms with Crippen molar-refractivity contribution in [3.8, 4) is 5.75 Å². The summed E-state index contributed by atoms with van der Waals surface area (Å²) >= 11 is 0. The number of rotatable bonds is 4. The molecule has 0 unspecified atom stereocenters. The Morgan fingerprint density at radius 2 is 1.84 bits per heavy atom. The van der Waals surface area contributed by atoms with Crippen LogP contribution in [-0.4, -0.2) is 27.8 Å². The number of aromatic nitrogens is 3. The van der Waals surface area contributed by atoms with E-state index < -0.39 is 6.04 Å². The predicted molar refractivity (Wildman–Crippen MR) is 120 cm³/mol. The van der Waals surface area contributed by atoms with Crippen LogP contribution in [0.4, 0.5) is 11.6 Å². The van der Waals surface area contributed by atoms with Crippen molar-refractivity contribution in [2.24, 2.45) is 0 Å². The molecule has 2 N–H and O–H groups in total. The molecular weight excluding hydrogens is 390 g/mol. The minimum absolute atomic E-state index is 0.228. The van der Waals surface area contributed by atoms with Crippen LogP contribution in [0.2, 0.25) is 0 Å². The first-order chi connectivity index (χ1) is 15.2. The van der Waals surface area contributed by atoms with Crippen LogP contribution in [0.15, 0.2) is 84.3 Å². The molecule has 0 saturated carbocycles. The highest BCUT2D eigenvalue weighted by molar-refractivity contribution is 6.07. The van der Waals surface area contributed by atoms with Gasteiger partial charge in [-0.25, -0.2) is 4.68 Å². The highest BCUT2D eigenvalue weighted by Crippen LogP contribution is 2.38. The van der Waals surface area contributed by atoms with Gasteiger partial charge in [-0.05, 0) is 35.4 Å². The van der Waals surface area contributed by atoms with Gasteiger partial charge in [-0.3, -0.25) is 4.79 Å². The van der Waals surface area contributed by atoms with E-state index >= 15 is 0 Å². The van der Waals surface area contributed by atoms with Crippen molar-refractivity contribution >= 4 is 28.3 Å². The van der Waals surface area contributed by atoms with E-state index in [0.29, 0.717) is 23.0 Å². The fourth-order valence-corrected chi connectivity index (χ4v) is 4.10. The van der Waals surface area contributed by atoms with Crippen molar-refractivity contribution in [1.82, 2.24) is 14.8 Å². The summed E-state index contributed by atoms with van der Waals surface area (Å²) in [7, 11) is 1.58. The summed E-state index contributed by atoms with van der Waals surface area (Å²) in [5.41, 5.74) is 2.89. The Labute approximate surface area is 179 Å². The molecule has 0 saturated heterocycles. The molecule has 5 rings (SSSR count). The highest BCUT2D eigenvalue weighted by Gasteiger charge is 2.34. The predicted octanol–water partition coefficient (Wildman–Crippen LogP) is 4.37. The van der Waals surface area contributed by atoms with E-state index in [1.54, 1.807) is 11.8 Å². The van der Waals surface area contributed by atoms with Crippen LogP contribution in [0, 0.1) is 0 Å². The topological polar surface area (TPSA) is 81.1 Å². The average Bonchev–Trinajstić information content (AvgIpc) is 3.26. The van der Waals surface area contributed by atoms with Crippen LogP contribution in [0.5, 0.6) is 5.75 Å². The van der Waals surface area contributed by atoms with Crippen LogP contribution in [0.3, 0.4) is 0 Å². The summed E-state index contributed by atoms with van der Waals surface area (Å²) in [5, 5.41) is 12.8. The lowest BCUT2D eigenvalue weighted by Gasteiger charge is -2.29. The molecule has 0 spiro atoms. The lowest BCUT2D eigenvalue weighted by atomic mass is 9.91. The van der Waals surface area contributed by atoms with Gasteiger partial charge in [0.2, 0.25) is 5.95 Å². The molecule has 0 aliphatic carbocycles. The number of hydrogen-bond donors (Lipinski definition) is 2. The van der Waals surface area contributed by atoms with Gasteiger partial charge in [-0.1, -0.05) is 54.6 Å². The maximum Gasteiger partial charge on any atom is 0.255 e. The van der Waals surface area contributed by atoms with E-state index in [9.17, 15) is 4.79 Å². The molecule has 4 aromatic rings. The van der Waals surface area contributed by atoms with E-state index in [0.717, 1.165) is 22.0 Å². The number of nitrogens with one attached hydrogen (secondary N) is 2. The Hall–Kier alpha value is -4.13. The largest absolute Gasteiger partial charge is 0.495 e. The Morgan fingerprint density at radius 3 is 2.71 bits per heavy atom. The minimum Gasteiger partial charge on any atom is -0.495 e. The standard InChI is InChI=1S/C24H21N5O2/c1-15-21(23(30)28-19-12-5-6-13-20(19)31-2)22(29-24(27-15)25-14-26-29)18-11-7-9-16-8-3-4-10-17(16)18/h3-14,22H,1-2H3,(H,28,30)(H,25,26,27)/t22-/m0/s1. The maximum absolute atomic E-state index is 13.6. The van der Waals surface area contributed by atoms with E-state index in [-0.39, 0.29) is 5.91 Å². The number of amides is 1. The van der Waals surface area contributed by atoms with E-state index in [4.69, 9.17) is 4.74 Å². The number of ether oxygens (including phenoxy) is 1. The second kappa shape index (κ2) is 7.60. The molecule has 7 nitrogen and oxygen atoms in total. The lowest BCUT2D eigenvalue weighted by Crippen LogP contribution is -2.31. The molecule has 0 fully saturated rings. The van der Waals surface area contributed by atoms with E-state index in [2.05, 4.69) is 38.9 Å². The van der Waals surface area contributed by atoms with Crippen LogP contribution < -0.4 is 15.4 Å². The Balaban J connectivity index is 1.65. The summed E-state index contributed by atoms with van der Waals surface area (Å²) in [6, 6.07) is 21.2. The maximum atomic E-state index is 13.6. The third kappa shape index (κ3) is 3.20. The van der Waals surface area contributed by atoms with Gasteiger partial charge < -0.3 is 15.4 Å². The molecule has 2 heterocycles. The van der Waals surface area contributed by atoms with Gasteiger partial charge >= 0.3 is 0 Å². The molecule has 1 aromatic heterocycles. The monoisotopic (exact) mass is 411 g/mol. The zero-order chi connectivity index (χ0) is 21.4. The lowest BCUT2D eigenvalue weighted by molar-refractivity contribution is -0.113. The first-order valence-electron chi connectivity index (χ1n) is 9.96. The number of anilines is 2. The van der Waals surface area contributed by atoms with Gasteiger partial charge in [0.05, 0.1) is 18.4 Å². The van der Waals surface area contributed by atoms with Gasteiger partial charge in [0.1, 0.15) is 18.1 Å². The van der Waals surface area contributed by atoms with Crippen LogP contribution >= 0.6 is 0 Å². The first kappa shape index (κ1) is 18.9. The number of hydrogen-bond acceptors (Lipinski definition) is 5. The van der Waals surface area contributed by atoms with Gasteiger partial charge in [-0.2, -0.15) is 10.1 Å². The van der Waals surface area contributed by atoms with Crippen LogP contribution in [-0.2, 0) is 4.79 Å². The summed E-state index contributed by atoms with van der Waals surface area (Å²) in [5.74, 6) is 0.971. The summed E-state index contributed by atoms with van der Waals surface area (Å²) < 4.78 is 7.16. The van der Waals surface area contributed by atoms with E-state index in [1.807, 2.05) is 55.5 Å². The van der Waals surface area contributed by atoms with Crippen molar-refractivity contribution in [1.29, 1.82) is 0 Å². The SMILES string of the molecule is COc1ccccc1NC(=O)C1=C(C)Nc2ncnn2[C@H]1c1cccc2ccccc12. The minimum atomic E-state index is -0.431. The van der Waals surface area contributed by atoms with Crippen molar-refractivity contribution in [3.05, 3.63) is 89.9 Å².